The molecule has 0 aromatic carbocycles. The molecule has 1 fully saturated rings. The lowest BCUT2D eigenvalue weighted by Gasteiger charge is -2.28. The number of aryl methyl sites for hydroxylation is 1. The average molecular weight is 345 g/mol. The number of hydrogen-bond donors (Lipinski definition) is 2. The Bertz CT molecular complexity index is 559. The van der Waals surface area contributed by atoms with E-state index in [1.54, 1.807) is 6.92 Å². The average Bonchev–Trinajstić information content (AvgIpc) is 2.50. The number of nitrogens with one attached hydrogen (secondary N) is 2. The van der Waals surface area contributed by atoms with Gasteiger partial charge < -0.3 is 15.5 Å². The number of carbonyl (C=O) groups excluding carboxylic acids is 1. The molecule has 0 unspecified atom stereocenters. The first-order valence-corrected chi connectivity index (χ1v) is 8.01. The number of rotatable bonds is 6. The zero-order chi connectivity index (χ0) is 17.6. The fourth-order valence-electron chi connectivity index (χ4n) is 2.56. The number of halogens is 3. The summed E-state index contributed by atoms with van der Waals surface area (Å²) in [6, 6.07) is 1.83. The molecule has 1 aromatic heterocycles. The van der Waals surface area contributed by atoms with E-state index in [4.69, 9.17) is 0 Å². The number of amides is 1. The predicted octanol–water partition coefficient (Wildman–Crippen LogP) is 2.26. The molecule has 6 nitrogen and oxygen atoms in total. The van der Waals surface area contributed by atoms with Crippen LogP contribution in [0.25, 0.3) is 0 Å². The summed E-state index contributed by atoms with van der Waals surface area (Å²) in [6.07, 6.45) is -2.44. The molecule has 0 spiro atoms. The lowest BCUT2D eigenvalue weighted by molar-refractivity contribution is -0.153. The number of nitrogens with zero attached hydrogens (tertiary/aromatic N) is 3. The summed E-state index contributed by atoms with van der Waals surface area (Å²) in [7, 11) is 0. The molecule has 1 aliphatic rings. The van der Waals surface area contributed by atoms with Crippen molar-refractivity contribution in [2.45, 2.75) is 38.8 Å². The van der Waals surface area contributed by atoms with Crippen LogP contribution in [-0.2, 0) is 4.79 Å². The highest BCUT2D eigenvalue weighted by atomic mass is 19.4. The number of hydrogen-bond acceptors (Lipinski definition) is 5. The molecule has 0 aliphatic carbocycles. The van der Waals surface area contributed by atoms with Gasteiger partial charge in [0.25, 0.3) is 0 Å². The smallest absolute Gasteiger partial charge is 0.368 e. The van der Waals surface area contributed by atoms with E-state index in [2.05, 4.69) is 25.5 Å². The summed E-state index contributed by atoms with van der Waals surface area (Å²) in [5.74, 6) is 1.05. The maximum absolute atomic E-state index is 12.0. The Balaban J connectivity index is 1.82. The number of carbonyl (C=O) groups is 1. The van der Waals surface area contributed by atoms with E-state index >= 15 is 0 Å². The van der Waals surface area contributed by atoms with Gasteiger partial charge >= 0.3 is 6.18 Å². The zero-order valence-corrected chi connectivity index (χ0v) is 13.6. The van der Waals surface area contributed by atoms with Crippen LogP contribution in [0.1, 0.15) is 31.5 Å². The maximum atomic E-state index is 12.0. The van der Waals surface area contributed by atoms with Gasteiger partial charge in [-0.15, -0.1) is 0 Å². The molecule has 2 heterocycles. The molecule has 0 bridgehead atoms. The number of aromatic nitrogens is 2. The highest BCUT2D eigenvalue weighted by Gasteiger charge is 2.30. The van der Waals surface area contributed by atoms with Gasteiger partial charge in [0.05, 0.1) is 0 Å². The van der Waals surface area contributed by atoms with Crippen molar-refractivity contribution >= 4 is 17.5 Å². The van der Waals surface area contributed by atoms with Crippen molar-refractivity contribution in [3.05, 3.63) is 11.9 Å². The molecule has 2 rings (SSSR count). The molecule has 0 atom stereocenters. The Morgan fingerprint density at radius 1 is 1.21 bits per heavy atom. The van der Waals surface area contributed by atoms with Crippen LogP contribution < -0.4 is 15.5 Å². The number of alkyl halides is 3. The molecular weight excluding hydrogens is 323 g/mol. The number of anilines is 2. The Hall–Kier alpha value is -2.06. The molecule has 2 N–H and O–H groups in total. The fourth-order valence-corrected chi connectivity index (χ4v) is 2.56. The van der Waals surface area contributed by atoms with Crippen LogP contribution in [0.3, 0.4) is 0 Å². The molecule has 1 aliphatic heterocycles. The van der Waals surface area contributed by atoms with Gasteiger partial charge in [-0.3, -0.25) is 4.79 Å². The Kier molecular flexibility index (Phi) is 6.22. The van der Waals surface area contributed by atoms with Crippen LogP contribution in [0.5, 0.6) is 0 Å². The Labute approximate surface area is 138 Å². The molecule has 134 valence electrons. The van der Waals surface area contributed by atoms with Crippen LogP contribution in [0, 0.1) is 6.92 Å². The summed E-state index contributed by atoms with van der Waals surface area (Å²) >= 11 is 0. The largest absolute Gasteiger partial charge is 0.397 e. The van der Waals surface area contributed by atoms with Crippen LogP contribution in [0.15, 0.2) is 6.07 Å². The molecule has 1 aromatic rings. The first kappa shape index (κ1) is 18.3. The van der Waals surface area contributed by atoms with Gasteiger partial charge in [-0.1, -0.05) is 0 Å². The van der Waals surface area contributed by atoms with Crippen LogP contribution in [-0.4, -0.2) is 48.2 Å². The molecule has 1 saturated heterocycles. The Morgan fingerprint density at radius 3 is 2.58 bits per heavy atom. The maximum Gasteiger partial charge on any atom is 0.397 e. The van der Waals surface area contributed by atoms with E-state index in [-0.39, 0.29) is 6.54 Å². The summed E-state index contributed by atoms with van der Waals surface area (Å²) < 4.78 is 36.1. The van der Waals surface area contributed by atoms with Crippen LogP contribution >= 0.6 is 0 Å². The van der Waals surface area contributed by atoms with Gasteiger partial charge in [-0.2, -0.15) is 13.2 Å². The predicted molar refractivity (Wildman–Crippen MR) is 85.0 cm³/mol. The highest BCUT2D eigenvalue weighted by Crippen LogP contribution is 2.20. The van der Waals surface area contributed by atoms with Crippen molar-refractivity contribution in [1.29, 1.82) is 0 Å². The monoisotopic (exact) mass is 345 g/mol. The molecule has 0 radical (unpaired) electrons. The van der Waals surface area contributed by atoms with Crippen molar-refractivity contribution in [2.24, 2.45) is 0 Å². The third-order valence-corrected chi connectivity index (χ3v) is 3.62. The second kappa shape index (κ2) is 8.16. The highest BCUT2D eigenvalue weighted by molar-refractivity contribution is 5.76. The van der Waals surface area contributed by atoms with Gasteiger partial charge in [-0.05, 0) is 26.2 Å². The summed E-state index contributed by atoms with van der Waals surface area (Å²) in [6.45, 7) is 4.10. The summed E-state index contributed by atoms with van der Waals surface area (Å²) in [4.78, 5) is 22.0. The second-order valence-electron chi connectivity index (χ2n) is 5.77. The summed E-state index contributed by atoms with van der Waals surface area (Å²) in [5.41, 5.74) is 0. The molecule has 9 heteroatoms. The Morgan fingerprint density at radius 2 is 1.92 bits per heavy atom. The van der Waals surface area contributed by atoms with Crippen molar-refractivity contribution in [3.8, 4) is 0 Å². The fraction of sp³-hybridized carbons (Fsp3) is 0.667. The van der Waals surface area contributed by atoms with Gasteiger partial charge in [0.2, 0.25) is 5.91 Å². The lowest BCUT2D eigenvalue weighted by atomic mass is 10.1. The van der Waals surface area contributed by atoms with Crippen LogP contribution in [0.4, 0.5) is 24.8 Å². The normalized spacial score (nSPS) is 15.2. The second-order valence-corrected chi connectivity index (χ2v) is 5.77. The third-order valence-electron chi connectivity index (χ3n) is 3.62. The molecule has 0 saturated carbocycles. The van der Waals surface area contributed by atoms with E-state index in [0.29, 0.717) is 18.2 Å². The van der Waals surface area contributed by atoms with Gasteiger partial charge in [-0.25, -0.2) is 9.97 Å². The van der Waals surface area contributed by atoms with E-state index in [9.17, 15) is 18.0 Å². The van der Waals surface area contributed by atoms with E-state index < -0.39 is 18.5 Å². The van der Waals surface area contributed by atoms with Gasteiger partial charge in [0.15, 0.2) is 0 Å². The topological polar surface area (TPSA) is 70.2 Å². The zero-order valence-electron chi connectivity index (χ0n) is 13.6. The third kappa shape index (κ3) is 6.21. The minimum atomic E-state index is -4.48. The lowest BCUT2D eigenvalue weighted by Crippen LogP contribution is -2.32. The van der Waals surface area contributed by atoms with Crippen molar-refractivity contribution < 1.29 is 18.0 Å². The van der Waals surface area contributed by atoms with Gasteiger partial charge in [0.1, 0.15) is 23.9 Å². The van der Waals surface area contributed by atoms with Crippen molar-refractivity contribution in [1.82, 2.24) is 15.3 Å². The molecule has 24 heavy (non-hydrogen) atoms. The van der Waals surface area contributed by atoms with Crippen molar-refractivity contribution in [3.63, 3.8) is 0 Å². The van der Waals surface area contributed by atoms with Crippen molar-refractivity contribution in [2.75, 3.05) is 36.4 Å². The van der Waals surface area contributed by atoms with E-state index in [1.165, 1.54) is 6.42 Å². The quantitative estimate of drug-likeness (QED) is 0.774. The van der Waals surface area contributed by atoms with Gasteiger partial charge in [0, 0.05) is 32.2 Å². The molecule has 1 amide bonds. The first-order chi connectivity index (χ1) is 11.3. The molecular formula is C15H22F3N5O. The first-order valence-electron chi connectivity index (χ1n) is 8.01. The van der Waals surface area contributed by atoms with Crippen LogP contribution in [0.2, 0.25) is 0 Å². The SMILES string of the molecule is Cc1nc(NCCNC(=O)CC(F)(F)F)cc(N2CCCCC2)n1. The van der Waals surface area contributed by atoms with E-state index in [0.717, 1.165) is 31.7 Å². The standard InChI is InChI=1S/C15H22F3N5O/c1-11-21-12(9-13(22-11)23-7-3-2-4-8-23)19-5-6-20-14(24)10-15(16,17)18/h9H,2-8,10H2,1H3,(H,20,24)(H,19,21,22). The summed E-state index contributed by atoms with van der Waals surface area (Å²) in [5, 5.41) is 5.24. The minimum Gasteiger partial charge on any atom is -0.368 e. The number of piperidine rings is 1. The van der Waals surface area contributed by atoms with E-state index in [1.807, 2.05) is 6.07 Å². The minimum absolute atomic E-state index is 0.0943.